The molecule has 0 saturated heterocycles. The van der Waals surface area contributed by atoms with Gasteiger partial charge in [0.25, 0.3) is 0 Å². The molecular weight excluding hydrogens is 129 g/mol. The van der Waals surface area contributed by atoms with Gasteiger partial charge in [-0.2, -0.15) is 5.26 Å². The largest absolute Gasteiger partial charge is 0.206 e. The fourth-order valence-electron chi connectivity index (χ4n) is 0.922. The van der Waals surface area contributed by atoms with Crippen LogP contribution in [0.25, 0.3) is 0 Å². The molecule has 0 amide bonds. The van der Waals surface area contributed by atoms with Gasteiger partial charge >= 0.3 is 0 Å². The highest BCUT2D eigenvalue weighted by Gasteiger charge is 2.10. The second-order valence-corrected chi connectivity index (χ2v) is 2.46. The Morgan fingerprint density at radius 3 is 3.00 bits per heavy atom. The first-order valence-corrected chi connectivity index (χ1v) is 3.22. The molecule has 0 aromatic rings. The van der Waals surface area contributed by atoms with E-state index in [0.717, 1.165) is 0 Å². The molecule has 0 aromatic carbocycles. The minimum absolute atomic E-state index is 0.179. The second-order valence-electron chi connectivity index (χ2n) is 2.46. The molecule has 0 bridgehead atoms. The van der Waals surface area contributed by atoms with E-state index in [-0.39, 0.29) is 11.4 Å². The van der Waals surface area contributed by atoms with Gasteiger partial charge in [-0.05, 0) is 18.4 Å². The fourth-order valence-corrected chi connectivity index (χ4v) is 0.922. The number of allylic oxidation sites excluding steroid dienone is 4. The summed E-state index contributed by atoms with van der Waals surface area (Å²) in [6, 6.07) is 1.80. The molecule has 0 saturated carbocycles. The van der Waals surface area contributed by atoms with Gasteiger partial charge in [0.15, 0.2) is 0 Å². The van der Waals surface area contributed by atoms with Gasteiger partial charge in [-0.1, -0.05) is 13.0 Å². The molecule has 10 heavy (non-hydrogen) atoms. The molecule has 1 aliphatic carbocycles. The summed E-state index contributed by atoms with van der Waals surface area (Å²) in [5, 5.41) is 8.38. The van der Waals surface area contributed by atoms with Crippen molar-refractivity contribution < 1.29 is 4.39 Å². The van der Waals surface area contributed by atoms with E-state index >= 15 is 0 Å². The van der Waals surface area contributed by atoms with Crippen LogP contribution in [-0.2, 0) is 0 Å². The zero-order valence-corrected chi connectivity index (χ0v) is 5.76. The molecule has 1 unspecified atom stereocenters. The van der Waals surface area contributed by atoms with Crippen molar-refractivity contribution in [3.63, 3.8) is 0 Å². The van der Waals surface area contributed by atoms with Crippen LogP contribution in [0.15, 0.2) is 23.6 Å². The van der Waals surface area contributed by atoms with E-state index in [2.05, 4.69) is 0 Å². The SMILES string of the molecule is CC1C=C(C#N)C(F)=CC1. The minimum Gasteiger partial charge on any atom is -0.206 e. The Morgan fingerprint density at radius 1 is 1.80 bits per heavy atom. The Labute approximate surface area is 59.5 Å². The van der Waals surface area contributed by atoms with E-state index in [1.165, 1.54) is 6.08 Å². The van der Waals surface area contributed by atoms with Crippen LogP contribution in [0, 0.1) is 17.2 Å². The standard InChI is InChI=1S/C8H8FN/c1-6-2-3-8(9)7(4-6)5-10/h3-4,6H,2H2,1H3. The summed E-state index contributed by atoms with van der Waals surface area (Å²) in [5.41, 5.74) is 0.179. The van der Waals surface area contributed by atoms with E-state index in [1.54, 1.807) is 12.1 Å². The smallest absolute Gasteiger partial charge is 0.136 e. The summed E-state index contributed by atoms with van der Waals surface area (Å²) in [5.74, 6) is -0.0743. The second kappa shape index (κ2) is 2.66. The van der Waals surface area contributed by atoms with E-state index in [9.17, 15) is 4.39 Å². The molecule has 0 aliphatic heterocycles. The first-order chi connectivity index (χ1) is 4.74. The molecule has 1 rings (SSSR count). The van der Waals surface area contributed by atoms with Crippen LogP contribution in [0.3, 0.4) is 0 Å². The molecule has 0 fully saturated rings. The monoisotopic (exact) mass is 137 g/mol. The number of nitriles is 1. The first-order valence-electron chi connectivity index (χ1n) is 3.22. The summed E-state index contributed by atoms with van der Waals surface area (Å²) in [6.07, 6.45) is 3.83. The van der Waals surface area contributed by atoms with Gasteiger partial charge in [-0.25, -0.2) is 4.39 Å². The number of nitrogens with zero attached hydrogens (tertiary/aromatic N) is 1. The molecule has 1 atom stereocenters. The van der Waals surface area contributed by atoms with Crippen LogP contribution >= 0.6 is 0 Å². The lowest BCUT2D eigenvalue weighted by Crippen LogP contribution is -1.96. The Kier molecular flexibility index (Phi) is 1.86. The summed E-state index contributed by atoms with van der Waals surface area (Å²) in [6.45, 7) is 1.96. The van der Waals surface area contributed by atoms with Gasteiger partial charge in [0, 0.05) is 0 Å². The molecule has 1 aliphatic rings. The summed E-state index contributed by atoms with van der Waals surface area (Å²) < 4.78 is 12.6. The summed E-state index contributed by atoms with van der Waals surface area (Å²) in [4.78, 5) is 0. The molecule has 0 heterocycles. The average molecular weight is 137 g/mol. The quantitative estimate of drug-likeness (QED) is 0.502. The first kappa shape index (κ1) is 7.01. The van der Waals surface area contributed by atoms with Crippen LogP contribution in [0.1, 0.15) is 13.3 Å². The molecular formula is C8H8FN. The number of rotatable bonds is 0. The van der Waals surface area contributed by atoms with Crippen molar-refractivity contribution in [2.45, 2.75) is 13.3 Å². The van der Waals surface area contributed by atoms with E-state index in [0.29, 0.717) is 12.3 Å². The highest BCUT2D eigenvalue weighted by molar-refractivity contribution is 5.40. The molecule has 0 radical (unpaired) electrons. The molecule has 52 valence electrons. The molecule has 2 heteroatoms. The van der Waals surface area contributed by atoms with Crippen LogP contribution in [0.5, 0.6) is 0 Å². The predicted octanol–water partition coefficient (Wildman–Crippen LogP) is 2.33. The zero-order chi connectivity index (χ0) is 7.56. The Balaban J connectivity index is 2.87. The van der Waals surface area contributed by atoms with Gasteiger partial charge in [0.05, 0.1) is 5.57 Å². The van der Waals surface area contributed by atoms with Gasteiger partial charge in [-0.15, -0.1) is 0 Å². The van der Waals surface area contributed by atoms with Gasteiger partial charge in [-0.3, -0.25) is 0 Å². The molecule has 0 N–H and O–H groups in total. The maximum Gasteiger partial charge on any atom is 0.136 e. The molecule has 1 nitrogen and oxygen atoms in total. The van der Waals surface area contributed by atoms with E-state index in [4.69, 9.17) is 5.26 Å². The maximum atomic E-state index is 12.6. The normalized spacial score (nSPS) is 24.7. The van der Waals surface area contributed by atoms with Crippen molar-refractivity contribution in [1.82, 2.24) is 0 Å². The van der Waals surface area contributed by atoms with Crippen LogP contribution in [0.4, 0.5) is 4.39 Å². The Morgan fingerprint density at radius 2 is 2.50 bits per heavy atom. The number of hydrogen-bond donors (Lipinski definition) is 0. The fraction of sp³-hybridized carbons (Fsp3) is 0.375. The predicted molar refractivity (Wildman–Crippen MR) is 36.7 cm³/mol. The zero-order valence-electron chi connectivity index (χ0n) is 5.76. The average Bonchev–Trinajstić information content (AvgIpc) is 1.94. The van der Waals surface area contributed by atoms with Crippen molar-refractivity contribution in [2.24, 2.45) is 5.92 Å². The maximum absolute atomic E-state index is 12.6. The minimum atomic E-state index is -0.374. The highest BCUT2D eigenvalue weighted by Crippen LogP contribution is 2.22. The number of halogens is 1. The third kappa shape index (κ3) is 1.24. The summed E-state index contributed by atoms with van der Waals surface area (Å²) in [7, 11) is 0. The van der Waals surface area contributed by atoms with Gasteiger partial charge in [0.1, 0.15) is 11.9 Å². The van der Waals surface area contributed by atoms with Crippen LogP contribution in [-0.4, -0.2) is 0 Å². The van der Waals surface area contributed by atoms with Gasteiger partial charge < -0.3 is 0 Å². The molecule has 0 aromatic heterocycles. The lowest BCUT2D eigenvalue weighted by atomic mass is 9.98. The van der Waals surface area contributed by atoms with Crippen molar-refractivity contribution in [1.29, 1.82) is 5.26 Å². The van der Waals surface area contributed by atoms with Crippen molar-refractivity contribution in [3.05, 3.63) is 23.6 Å². The molecule has 0 spiro atoms. The van der Waals surface area contributed by atoms with Gasteiger partial charge in [0.2, 0.25) is 0 Å². The van der Waals surface area contributed by atoms with Crippen LogP contribution in [0.2, 0.25) is 0 Å². The van der Waals surface area contributed by atoms with E-state index in [1.807, 2.05) is 6.92 Å². The van der Waals surface area contributed by atoms with Crippen LogP contribution < -0.4 is 0 Å². The Hall–Kier alpha value is -1.10. The van der Waals surface area contributed by atoms with E-state index < -0.39 is 0 Å². The lowest BCUT2D eigenvalue weighted by Gasteiger charge is -2.08. The third-order valence-corrected chi connectivity index (χ3v) is 1.50. The van der Waals surface area contributed by atoms with Crippen molar-refractivity contribution >= 4 is 0 Å². The Bertz CT molecular complexity index is 232. The highest BCUT2D eigenvalue weighted by atomic mass is 19.1. The van der Waals surface area contributed by atoms with Crippen molar-refractivity contribution in [3.8, 4) is 6.07 Å². The lowest BCUT2D eigenvalue weighted by molar-refractivity contribution is 0.614. The van der Waals surface area contributed by atoms with Crippen molar-refractivity contribution in [2.75, 3.05) is 0 Å². The topological polar surface area (TPSA) is 23.8 Å². The number of hydrogen-bond acceptors (Lipinski definition) is 1. The summed E-state index contributed by atoms with van der Waals surface area (Å²) >= 11 is 0. The third-order valence-electron chi connectivity index (χ3n) is 1.50.